The first-order valence-corrected chi connectivity index (χ1v) is 8.54. The fourth-order valence-electron chi connectivity index (χ4n) is 1.95. The van der Waals surface area contributed by atoms with Crippen LogP contribution in [0.3, 0.4) is 0 Å². The first-order valence-electron chi connectivity index (χ1n) is 5.45. The maximum atomic E-state index is 12.0. The van der Waals surface area contributed by atoms with E-state index in [1.807, 2.05) is 0 Å². The Morgan fingerprint density at radius 3 is 2.65 bits per heavy atom. The summed E-state index contributed by atoms with van der Waals surface area (Å²) in [7, 11) is -3.49. The van der Waals surface area contributed by atoms with Gasteiger partial charge in [-0.1, -0.05) is 12.8 Å². The number of halogens is 1. The summed E-state index contributed by atoms with van der Waals surface area (Å²) >= 11 is 4.41. The van der Waals surface area contributed by atoms with Gasteiger partial charge in [0.05, 0.1) is 9.89 Å². The third-order valence-corrected chi connectivity index (χ3v) is 6.45. The maximum Gasteiger partial charge on any atom is 0.250 e. The molecule has 0 aromatic carbocycles. The Morgan fingerprint density at radius 2 is 2.06 bits per heavy atom. The normalized spacial score (nSPS) is 26.0. The van der Waals surface area contributed by atoms with Gasteiger partial charge < -0.3 is 5.11 Å². The van der Waals surface area contributed by atoms with Crippen LogP contribution in [0.1, 0.15) is 25.7 Å². The van der Waals surface area contributed by atoms with Gasteiger partial charge in [-0.3, -0.25) is 0 Å². The summed E-state index contributed by atoms with van der Waals surface area (Å²) in [5.74, 6) is 0. The van der Waals surface area contributed by atoms with E-state index >= 15 is 0 Å². The van der Waals surface area contributed by atoms with Crippen LogP contribution >= 0.6 is 27.3 Å². The van der Waals surface area contributed by atoms with Crippen molar-refractivity contribution in [2.24, 2.45) is 0 Å². The quantitative estimate of drug-likeness (QED) is 0.886. The molecule has 4 nitrogen and oxygen atoms in total. The van der Waals surface area contributed by atoms with E-state index in [2.05, 4.69) is 20.7 Å². The molecule has 7 heteroatoms. The first-order chi connectivity index (χ1) is 7.99. The first kappa shape index (κ1) is 13.5. The molecule has 0 radical (unpaired) electrons. The maximum absolute atomic E-state index is 12.0. The summed E-state index contributed by atoms with van der Waals surface area (Å²) in [5, 5.41) is 9.75. The zero-order chi connectivity index (χ0) is 12.5. The second-order valence-corrected chi connectivity index (χ2v) is 8.54. The predicted molar refractivity (Wildman–Crippen MR) is 70.6 cm³/mol. The molecule has 0 aliphatic heterocycles. The van der Waals surface area contributed by atoms with Gasteiger partial charge in [0.25, 0.3) is 0 Å². The third kappa shape index (κ3) is 3.29. The molecule has 2 rings (SSSR count). The average Bonchev–Trinajstić information content (AvgIpc) is 2.69. The van der Waals surface area contributed by atoms with Gasteiger partial charge in [0.1, 0.15) is 4.21 Å². The lowest BCUT2D eigenvalue weighted by atomic mass is 9.93. The van der Waals surface area contributed by atoms with E-state index in [0.29, 0.717) is 12.8 Å². The van der Waals surface area contributed by atoms with Crippen molar-refractivity contribution in [3.8, 4) is 0 Å². The van der Waals surface area contributed by atoms with Gasteiger partial charge in [-0.15, -0.1) is 11.3 Å². The number of aliphatic hydroxyl groups excluding tert-OH is 1. The summed E-state index contributed by atoms with van der Waals surface area (Å²) in [6.07, 6.45) is 2.72. The molecule has 1 saturated carbocycles. The molecule has 2 N–H and O–H groups in total. The Labute approximate surface area is 113 Å². The Morgan fingerprint density at radius 1 is 1.35 bits per heavy atom. The summed E-state index contributed by atoms with van der Waals surface area (Å²) in [6.45, 7) is 0. The Hall–Kier alpha value is 0.0500. The minimum Gasteiger partial charge on any atom is -0.391 e. The lowest BCUT2D eigenvalue weighted by molar-refractivity contribution is 0.101. The molecule has 0 bridgehead atoms. The number of hydrogen-bond acceptors (Lipinski definition) is 4. The number of nitrogens with one attached hydrogen (secondary N) is 1. The predicted octanol–water partition coefficient (Wildman–Crippen LogP) is 2.09. The highest BCUT2D eigenvalue weighted by molar-refractivity contribution is 9.11. The summed E-state index contributed by atoms with van der Waals surface area (Å²) in [6, 6.07) is 2.91. The molecule has 1 aromatic heterocycles. The van der Waals surface area contributed by atoms with Gasteiger partial charge in [-0.05, 0) is 40.9 Å². The molecule has 1 aliphatic carbocycles. The minimum absolute atomic E-state index is 0.280. The van der Waals surface area contributed by atoms with Crippen LogP contribution in [-0.4, -0.2) is 25.7 Å². The molecule has 0 unspecified atom stereocenters. The average molecular weight is 340 g/mol. The van der Waals surface area contributed by atoms with Crippen molar-refractivity contribution < 1.29 is 13.5 Å². The van der Waals surface area contributed by atoms with E-state index in [-0.39, 0.29) is 10.3 Å². The highest BCUT2D eigenvalue weighted by Crippen LogP contribution is 2.27. The SMILES string of the molecule is O=S(=O)(N[C@H]1CCCC[C@@H]1O)c1ccc(Br)s1. The molecule has 0 spiro atoms. The highest BCUT2D eigenvalue weighted by Gasteiger charge is 2.28. The molecule has 1 aliphatic rings. The van der Waals surface area contributed by atoms with Gasteiger partial charge in [-0.25, -0.2) is 13.1 Å². The van der Waals surface area contributed by atoms with Gasteiger partial charge >= 0.3 is 0 Å². The molecule has 96 valence electrons. The van der Waals surface area contributed by atoms with Crippen LogP contribution in [0, 0.1) is 0 Å². The van der Waals surface area contributed by atoms with Gasteiger partial charge in [0.15, 0.2) is 0 Å². The number of thiophene rings is 1. The lowest BCUT2D eigenvalue weighted by Gasteiger charge is -2.27. The molecule has 2 atom stereocenters. The molecule has 1 aromatic rings. The van der Waals surface area contributed by atoms with Crippen molar-refractivity contribution in [2.75, 3.05) is 0 Å². The van der Waals surface area contributed by atoms with Crippen molar-refractivity contribution in [2.45, 2.75) is 42.0 Å². The fraction of sp³-hybridized carbons (Fsp3) is 0.600. The topological polar surface area (TPSA) is 66.4 Å². The van der Waals surface area contributed by atoms with Crippen LogP contribution in [0.2, 0.25) is 0 Å². The summed E-state index contributed by atoms with van der Waals surface area (Å²) < 4.78 is 27.7. The van der Waals surface area contributed by atoms with Gasteiger partial charge in [-0.2, -0.15) is 0 Å². The summed E-state index contributed by atoms with van der Waals surface area (Å²) in [4.78, 5) is 0. The van der Waals surface area contributed by atoms with Crippen LogP contribution in [0.4, 0.5) is 0 Å². The zero-order valence-electron chi connectivity index (χ0n) is 9.10. The van der Waals surface area contributed by atoms with Crippen LogP contribution in [0.25, 0.3) is 0 Å². The Kier molecular flexibility index (Phi) is 4.25. The van der Waals surface area contributed by atoms with E-state index in [1.54, 1.807) is 12.1 Å². The van der Waals surface area contributed by atoms with E-state index in [4.69, 9.17) is 0 Å². The van der Waals surface area contributed by atoms with Crippen molar-refractivity contribution >= 4 is 37.3 Å². The number of aliphatic hydroxyl groups is 1. The molecule has 0 saturated heterocycles. The van der Waals surface area contributed by atoms with Crippen molar-refractivity contribution in [1.29, 1.82) is 0 Å². The molecular formula is C10H14BrNO3S2. The molecule has 1 fully saturated rings. The second-order valence-electron chi connectivity index (χ2n) is 4.14. The zero-order valence-corrected chi connectivity index (χ0v) is 12.3. The number of hydrogen-bond donors (Lipinski definition) is 2. The Balaban J connectivity index is 2.11. The van der Waals surface area contributed by atoms with E-state index in [9.17, 15) is 13.5 Å². The van der Waals surface area contributed by atoms with E-state index in [0.717, 1.165) is 16.6 Å². The fourth-order valence-corrected chi connectivity index (χ4v) is 5.28. The molecule has 0 amide bonds. The molecule has 17 heavy (non-hydrogen) atoms. The van der Waals surface area contributed by atoms with Gasteiger partial charge in [0.2, 0.25) is 10.0 Å². The highest BCUT2D eigenvalue weighted by atomic mass is 79.9. The minimum atomic E-state index is -3.49. The lowest BCUT2D eigenvalue weighted by Crippen LogP contribution is -2.44. The van der Waals surface area contributed by atoms with Crippen LogP contribution in [0.5, 0.6) is 0 Å². The largest absolute Gasteiger partial charge is 0.391 e. The van der Waals surface area contributed by atoms with Gasteiger partial charge in [0, 0.05) is 6.04 Å². The third-order valence-electron chi connectivity index (χ3n) is 2.85. The van der Waals surface area contributed by atoms with E-state index < -0.39 is 16.1 Å². The van der Waals surface area contributed by atoms with Crippen molar-refractivity contribution in [3.05, 3.63) is 15.9 Å². The van der Waals surface area contributed by atoms with Crippen molar-refractivity contribution in [3.63, 3.8) is 0 Å². The number of rotatable bonds is 3. The molecular weight excluding hydrogens is 326 g/mol. The van der Waals surface area contributed by atoms with Crippen LogP contribution in [0.15, 0.2) is 20.1 Å². The number of sulfonamides is 1. The second kappa shape index (κ2) is 5.36. The Bertz CT molecular complexity index is 485. The smallest absolute Gasteiger partial charge is 0.250 e. The van der Waals surface area contributed by atoms with E-state index in [1.165, 1.54) is 11.3 Å². The van der Waals surface area contributed by atoms with Crippen LogP contribution < -0.4 is 4.72 Å². The standard InChI is InChI=1S/C10H14BrNO3S2/c11-9-5-6-10(16-9)17(14,15)12-7-3-1-2-4-8(7)13/h5-8,12-13H,1-4H2/t7-,8-/m0/s1. The summed E-state index contributed by atoms with van der Waals surface area (Å²) in [5.41, 5.74) is 0. The monoisotopic (exact) mass is 339 g/mol. The molecule has 1 heterocycles. The van der Waals surface area contributed by atoms with Crippen molar-refractivity contribution in [1.82, 2.24) is 4.72 Å². The van der Waals surface area contributed by atoms with Crippen LogP contribution in [-0.2, 0) is 10.0 Å².